The van der Waals surface area contributed by atoms with E-state index in [0.29, 0.717) is 13.1 Å². The number of nitrogens with zero attached hydrogens (tertiary/aromatic N) is 2. The summed E-state index contributed by atoms with van der Waals surface area (Å²) in [5.41, 5.74) is 7.30. The van der Waals surface area contributed by atoms with Crippen LogP contribution < -0.4 is 5.73 Å². The van der Waals surface area contributed by atoms with Gasteiger partial charge in [0, 0.05) is 30.6 Å². The first kappa shape index (κ1) is 14.2. The van der Waals surface area contributed by atoms with Gasteiger partial charge in [0.05, 0.1) is 18.1 Å². The monoisotopic (exact) mass is 307 g/mol. The maximum Gasteiger partial charge on any atom is 0.247 e. The number of ether oxygens (including phenoxy) is 1. The zero-order valence-electron chi connectivity index (χ0n) is 11.7. The van der Waals surface area contributed by atoms with E-state index in [4.69, 9.17) is 14.9 Å². The van der Waals surface area contributed by atoms with E-state index in [9.17, 15) is 4.79 Å². The third-order valence-corrected chi connectivity index (χ3v) is 4.30. The molecule has 2 aromatic heterocycles. The van der Waals surface area contributed by atoms with Crippen LogP contribution in [-0.2, 0) is 16.1 Å². The summed E-state index contributed by atoms with van der Waals surface area (Å²) in [5, 5.41) is 2.97. The second kappa shape index (κ2) is 5.97. The molecule has 1 aliphatic rings. The molecule has 0 bridgehead atoms. The molecule has 7 heteroatoms. The number of aromatic nitrogens is 1. The number of carbonyl (C=O) groups excluding carboxylic acids is 1. The lowest BCUT2D eigenvalue weighted by atomic mass is 10.2. The van der Waals surface area contributed by atoms with Crippen LogP contribution in [0.5, 0.6) is 0 Å². The van der Waals surface area contributed by atoms with Crippen molar-refractivity contribution in [3.05, 3.63) is 29.7 Å². The molecule has 1 saturated heterocycles. The van der Waals surface area contributed by atoms with Crippen LogP contribution in [0.3, 0.4) is 0 Å². The van der Waals surface area contributed by atoms with Gasteiger partial charge in [-0.1, -0.05) is 0 Å². The number of hydrogen-bond acceptors (Lipinski definition) is 6. The molecular weight excluding hydrogens is 290 g/mol. The van der Waals surface area contributed by atoms with Crippen LogP contribution in [0, 0.1) is 0 Å². The number of thiazole rings is 1. The number of primary amides is 1. The van der Waals surface area contributed by atoms with Crippen molar-refractivity contribution in [3.8, 4) is 10.6 Å². The zero-order valence-corrected chi connectivity index (χ0v) is 12.5. The molecule has 0 aliphatic carbocycles. The molecule has 1 fully saturated rings. The molecule has 2 atom stereocenters. The predicted molar refractivity (Wildman–Crippen MR) is 78.6 cm³/mol. The van der Waals surface area contributed by atoms with Gasteiger partial charge in [-0.3, -0.25) is 9.69 Å². The van der Waals surface area contributed by atoms with Gasteiger partial charge in [0.1, 0.15) is 17.4 Å². The summed E-state index contributed by atoms with van der Waals surface area (Å²) in [6, 6.07) is 1.89. The summed E-state index contributed by atoms with van der Waals surface area (Å²) < 4.78 is 10.6. The number of hydrogen-bond donors (Lipinski definition) is 1. The number of furan rings is 1. The van der Waals surface area contributed by atoms with Gasteiger partial charge in [-0.25, -0.2) is 4.98 Å². The lowest BCUT2D eigenvalue weighted by Crippen LogP contribution is -2.51. The Balaban J connectivity index is 1.67. The summed E-state index contributed by atoms with van der Waals surface area (Å²) in [6.07, 6.45) is 2.77. The Bertz CT molecular complexity index is 611. The van der Waals surface area contributed by atoms with Crippen molar-refractivity contribution in [1.82, 2.24) is 9.88 Å². The second-order valence-corrected chi connectivity index (χ2v) is 6.05. The van der Waals surface area contributed by atoms with Crippen molar-refractivity contribution < 1.29 is 13.9 Å². The number of morpholine rings is 1. The van der Waals surface area contributed by atoms with Crippen molar-refractivity contribution in [1.29, 1.82) is 0 Å². The van der Waals surface area contributed by atoms with Crippen LogP contribution in [0.1, 0.15) is 12.6 Å². The minimum absolute atomic E-state index is 0.0109. The van der Waals surface area contributed by atoms with Crippen molar-refractivity contribution >= 4 is 17.2 Å². The smallest absolute Gasteiger partial charge is 0.247 e. The van der Waals surface area contributed by atoms with Gasteiger partial charge in [-0.05, 0) is 13.0 Å². The lowest BCUT2D eigenvalue weighted by molar-refractivity contribution is -0.142. The molecule has 21 heavy (non-hydrogen) atoms. The summed E-state index contributed by atoms with van der Waals surface area (Å²) in [5.74, 6) is -0.413. The van der Waals surface area contributed by atoms with Gasteiger partial charge in [0.2, 0.25) is 5.91 Å². The fourth-order valence-corrected chi connectivity index (χ4v) is 3.25. The van der Waals surface area contributed by atoms with Gasteiger partial charge in [0.25, 0.3) is 0 Å². The Morgan fingerprint density at radius 2 is 2.43 bits per heavy atom. The average Bonchev–Trinajstić information content (AvgIpc) is 3.08. The van der Waals surface area contributed by atoms with Crippen LogP contribution in [-0.4, -0.2) is 41.1 Å². The number of nitrogens with two attached hydrogens (primary N) is 1. The molecule has 0 saturated carbocycles. The minimum Gasteiger partial charge on any atom is -0.472 e. The highest BCUT2D eigenvalue weighted by Crippen LogP contribution is 2.25. The van der Waals surface area contributed by atoms with E-state index in [-0.39, 0.29) is 6.10 Å². The van der Waals surface area contributed by atoms with Crippen molar-refractivity contribution in [2.45, 2.75) is 25.7 Å². The minimum atomic E-state index is -0.541. The molecule has 1 aliphatic heterocycles. The van der Waals surface area contributed by atoms with Gasteiger partial charge in [-0.15, -0.1) is 11.3 Å². The number of carbonyl (C=O) groups is 1. The highest BCUT2D eigenvalue weighted by atomic mass is 32.1. The Morgan fingerprint density at radius 1 is 1.57 bits per heavy atom. The SMILES string of the molecule is C[C@@H]1CN(Cc2csc(-c3ccoc3)n2)C[C@H](C(N)=O)O1. The fourth-order valence-electron chi connectivity index (χ4n) is 2.45. The Kier molecular flexibility index (Phi) is 4.05. The summed E-state index contributed by atoms with van der Waals surface area (Å²) >= 11 is 1.58. The molecule has 0 unspecified atom stereocenters. The maximum atomic E-state index is 11.3. The maximum absolute atomic E-state index is 11.3. The van der Waals surface area contributed by atoms with E-state index in [2.05, 4.69) is 9.88 Å². The van der Waals surface area contributed by atoms with Crippen LogP contribution >= 0.6 is 11.3 Å². The van der Waals surface area contributed by atoms with Crippen LogP contribution in [0.25, 0.3) is 10.6 Å². The van der Waals surface area contributed by atoms with E-state index < -0.39 is 12.0 Å². The molecule has 0 radical (unpaired) electrons. The summed E-state index contributed by atoms with van der Waals surface area (Å²) in [7, 11) is 0. The van der Waals surface area contributed by atoms with E-state index in [1.165, 1.54) is 0 Å². The predicted octanol–water partition coefficient (Wildman–Crippen LogP) is 1.48. The first-order valence-corrected chi connectivity index (χ1v) is 7.64. The van der Waals surface area contributed by atoms with Crippen molar-refractivity contribution in [3.63, 3.8) is 0 Å². The molecule has 6 nitrogen and oxygen atoms in total. The standard InChI is InChI=1S/C14H17N3O3S/c1-9-4-17(6-12(20-9)13(15)18)5-11-8-21-14(16-11)10-2-3-19-7-10/h2-3,7-9,12H,4-6H2,1H3,(H2,15,18)/t9-,12-/m1/s1. The van der Waals surface area contributed by atoms with E-state index in [0.717, 1.165) is 22.8 Å². The van der Waals surface area contributed by atoms with Gasteiger partial charge in [-0.2, -0.15) is 0 Å². The third-order valence-electron chi connectivity index (χ3n) is 3.36. The fraction of sp³-hybridized carbons (Fsp3) is 0.429. The largest absolute Gasteiger partial charge is 0.472 e. The molecule has 0 aromatic carbocycles. The van der Waals surface area contributed by atoms with Gasteiger partial charge < -0.3 is 14.9 Å². The molecule has 3 heterocycles. The highest BCUT2D eigenvalue weighted by Gasteiger charge is 2.29. The molecule has 112 valence electrons. The van der Waals surface area contributed by atoms with E-state index in [1.54, 1.807) is 23.9 Å². The summed E-state index contributed by atoms with van der Waals surface area (Å²) in [4.78, 5) is 18.1. The molecule has 1 amide bonds. The topological polar surface area (TPSA) is 81.6 Å². The Morgan fingerprint density at radius 3 is 3.14 bits per heavy atom. The van der Waals surface area contributed by atoms with Crippen LogP contribution in [0.4, 0.5) is 0 Å². The normalized spacial score (nSPS) is 23.3. The number of amides is 1. The Labute approximate surface area is 126 Å². The zero-order chi connectivity index (χ0) is 14.8. The summed E-state index contributed by atoms with van der Waals surface area (Å²) in [6.45, 7) is 3.91. The van der Waals surface area contributed by atoms with Crippen LogP contribution in [0.15, 0.2) is 28.4 Å². The van der Waals surface area contributed by atoms with Gasteiger partial charge >= 0.3 is 0 Å². The first-order chi connectivity index (χ1) is 10.1. The number of rotatable bonds is 4. The van der Waals surface area contributed by atoms with E-state index in [1.807, 2.05) is 18.4 Å². The molecule has 3 rings (SSSR count). The van der Waals surface area contributed by atoms with Crippen molar-refractivity contribution in [2.24, 2.45) is 5.73 Å². The molecule has 2 aromatic rings. The van der Waals surface area contributed by atoms with Crippen molar-refractivity contribution in [2.75, 3.05) is 13.1 Å². The Hall–Kier alpha value is -1.70. The van der Waals surface area contributed by atoms with Crippen LogP contribution in [0.2, 0.25) is 0 Å². The third kappa shape index (κ3) is 3.31. The highest BCUT2D eigenvalue weighted by molar-refractivity contribution is 7.13. The molecule has 2 N–H and O–H groups in total. The average molecular weight is 307 g/mol. The molecular formula is C14H17N3O3S. The second-order valence-electron chi connectivity index (χ2n) is 5.19. The lowest BCUT2D eigenvalue weighted by Gasteiger charge is -2.34. The molecule has 0 spiro atoms. The quantitative estimate of drug-likeness (QED) is 0.925. The first-order valence-electron chi connectivity index (χ1n) is 6.76. The van der Waals surface area contributed by atoms with Gasteiger partial charge in [0.15, 0.2) is 0 Å². The van der Waals surface area contributed by atoms with E-state index >= 15 is 0 Å².